The topological polar surface area (TPSA) is 82.3 Å². The van der Waals surface area contributed by atoms with Gasteiger partial charge in [0.15, 0.2) is 0 Å². The highest BCUT2D eigenvalue weighted by atomic mass is 19.1. The highest BCUT2D eigenvalue weighted by Gasteiger charge is 2.31. The van der Waals surface area contributed by atoms with Crippen LogP contribution in [0.5, 0.6) is 0 Å². The summed E-state index contributed by atoms with van der Waals surface area (Å²) in [5, 5.41) is 6.69. The Labute approximate surface area is 220 Å². The molecule has 8 heteroatoms. The molecule has 2 aliphatic heterocycles. The van der Waals surface area contributed by atoms with Crippen LogP contribution in [0.1, 0.15) is 29.8 Å². The Morgan fingerprint density at radius 3 is 2.66 bits per heavy atom. The summed E-state index contributed by atoms with van der Waals surface area (Å²) in [6.07, 6.45) is 2.08. The molecule has 0 aliphatic carbocycles. The molecule has 3 aromatic carbocycles. The van der Waals surface area contributed by atoms with E-state index in [1.165, 1.54) is 12.1 Å². The van der Waals surface area contributed by atoms with Crippen LogP contribution in [-0.2, 0) is 9.53 Å². The van der Waals surface area contributed by atoms with E-state index in [1.807, 2.05) is 42.5 Å². The highest BCUT2D eigenvalue weighted by Crippen LogP contribution is 2.41. The maximum Gasteiger partial charge on any atom is 0.257 e. The number of piperidine rings is 1. The number of anilines is 2. The van der Waals surface area contributed by atoms with Gasteiger partial charge in [-0.2, -0.15) is 0 Å². The van der Waals surface area contributed by atoms with E-state index in [0.29, 0.717) is 28.6 Å². The summed E-state index contributed by atoms with van der Waals surface area (Å²) in [4.78, 5) is 24.0. The predicted octanol–water partition coefficient (Wildman–Crippen LogP) is 5.14. The van der Waals surface area contributed by atoms with E-state index in [9.17, 15) is 9.18 Å². The lowest BCUT2D eigenvalue weighted by molar-refractivity contribution is -0.110. The van der Waals surface area contributed by atoms with Gasteiger partial charge in [0.2, 0.25) is 0 Å². The molecule has 194 valence electrons. The third-order valence-corrected chi connectivity index (χ3v) is 7.34. The minimum Gasteiger partial charge on any atom is -0.383 e. The first-order valence-electron chi connectivity index (χ1n) is 13.0. The van der Waals surface area contributed by atoms with Crippen LogP contribution in [0.4, 0.5) is 15.8 Å². The Hall–Kier alpha value is -4.01. The van der Waals surface area contributed by atoms with E-state index in [2.05, 4.69) is 20.5 Å². The average Bonchev–Trinajstić information content (AvgIpc) is 3.50. The average molecular weight is 512 g/mol. The summed E-state index contributed by atoms with van der Waals surface area (Å²) < 4.78 is 19.1. The molecule has 38 heavy (non-hydrogen) atoms. The van der Waals surface area contributed by atoms with E-state index in [0.717, 1.165) is 67.1 Å². The van der Waals surface area contributed by atoms with Crippen LogP contribution in [0, 0.1) is 5.82 Å². The summed E-state index contributed by atoms with van der Waals surface area (Å²) in [7, 11) is 1.74. The monoisotopic (exact) mass is 511 g/mol. The Balaban J connectivity index is 1.37. The van der Waals surface area contributed by atoms with Gasteiger partial charge < -0.3 is 25.3 Å². The molecule has 7 nitrogen and oxygen atoms in total. The normalized spacial score (nSPS) is 17.5. The molecule has 0 saturated carbocycles. The van der Waals surface area contributed by atoms with Crippen molar-refractivity contribution in [3.8, 4) is 0 Å². The number of carbonyl (C=O) groups is 1. The third-order valence-electron chi connectivity index (χ3n) is 7.34. The van der Waals surface area contributed by atoms with Crippen molar-refractivity contribution in [1.82, 2.24) is 14.9 Å². The number of H-pyrrole nitrogens is 1. The van der Waals surface area contributed by atoms with Gasteiger partial charge in [0.25, 0.3) is 5.91 Å². The van der Waals surface area contributed by atoms with Crippen molar-refractivity contribution in [3.63, 3.8) is 0 Å². The van der Waals surface area contributed by atoms with Gasteiger partial charge in [-0.05, 0) is 60.9 Å². The number of likely N-dealkylation sites (tertiary alicyclic amines) is 1. The van der Waals surface area contributed by atoms with Gasteiger partial charge in [-0.25, -0.2) is 9.37 Å². The van der Waals surface area contributed by atoms with Crippen molar-refractivity contribution >= 4 is 39.5 Å². The number of aromatic nitrogens is 2. The van der Waals surface area contributed by atoms with E-state index < -0.39 is 0 Å². The van der Waals surface area contributed by atoms with Crippen molar-refractivity contribution in [2.24, 2.45) is 0 Å². The van der Waals surface area contributed by atoms with E-state index in [-0.39, 0.29) is 11.7 Å². The first-order valence-corrected chi connectivity index (χ1v) is 13.0. The maximum absolute atomic E-state index is 13.8. The van der Waals surface area contributed by atoms with Gasteiger partial charge in [-0.3, -0.25) is 4.79 Å². The molecule has 4 aromatic rings. The van der Waals surface area contributed by atoms with Crippen LogP contribution in [0.25, 0.3) is 22.2 Å². The number of benzene rings is 3. The fourth-order valence-electron chi connectivity index (χ4n) is 5.35. The van der Waals surface area contributed by atoms with Crippen LogP contribution in [0.3, 0.4) is 0 Å². The quantitative estimate of drug-likeness (QED) is 0.300. The van der Waals surface area contributed by atoms with Gasteiger partial charge >= 0.3 is 0 Å². The summed E-state index contributed by atoms with van der Waals surface area (Å²) in [5.41, 5.74) is 6.06. The van der Waals surface area contributed by atoms with Crippen molar-refractivity contribution in [2.75, 3.05) is 44.0 Å². The second-order valence-corrected chi connectivity index (χ2v) is 9.83. The lowest BCUT2D eigenvalue weighted by atomic mass is 9.94. The molecule has 1 aromatic heterocycles. The number of halogens is 1. The molecule has 1 amide bonds. The number of rotatable bonds is 7. The third kappa shape index (κ3) is 4.80. The van der Waals surface area contributed by atoms with Crippen molar-refractivity contribution < 1.29 is 13.9 Å². The SMILES string of the molecule is COCCN1CCC(Nc2ccc3c(c2)C(=C(c2ccc(F)cc2)c2nc4ccccc4[nH]2)C(=O)N3)CC1. The first kappa shape index (κ1) is 24.3. The molecular weight excluding hydrogens is 481 g/mol. The molecule has 0 atom stereocenters. The zero-order chi connectivity index (χ0) is 26.1. The second-order valence-electron chi connectivity index (χ2n) is 9.83. The molecule has 1 fully saturated rings. The summed E-state index contributed by atoms with van der Waals surface area (Å²) in [6, 6.07) is 20.3. The Kier molecular flexibility index (Phi) is 6.66. The number of carbonyl (C=O) groups excluding carboxylic acids is 1. The summed E-state index contributed by atoms with van der Waals surface area (Å²) in [6.45, 7) is 3.76. The number of methoxy groups -OCH3 is 1. The molecule has 0 bridgehead atoms. The number of imidazole rings is 1. The number of nitrogens with one attached hydrogen (secondary N) is 3. The number of hydrogen-bond donors (Lipinski definition) is 3. The number of ether oxygens (including phenoxy) is 1. The molecule has 0 unspecified atom stereocenters. The van der Waals surface area contributed by atoms with Crippen LogP contribution in [0.2, 0.25) is 0 Å². The van der Waals surface area contributed by atoms with Crippen molar-refractivity contribution in [3.05, 3.63) is 89.5 Å². The van der Waals surface area contributed by atoms with Crippen LogP contribution in [0.15, 0.2) is 66.7 Å². The maximum atomic E-state index is 13.8. The zero-order valence-electron chi connectivity index (χ0n) is 21.3. The molecule has 0 radical (unpaired) electrons. The molecule has 2 aliphatic rings. The second kappa shape index (κ2) is 10.4. The van der Waals surface area contributed by atoms with Crippen LogP contribution in [-0.4, -0.2) is 60.2 Å². The Morgan fingerprint density at radius 1 is 1.11 bits per heavy atom. The highest BCUT2D eigenvalue weighted by molar-refractivity contribution is 6.38. The zero-order valence-corrected chi connectivity index (χ0v) is 21.3. The minimum atomic E-state index is -0.335. The number of hydrogen-bond acceptors (Lipinski definition) is 5. The molecule has 6 rings (SSSR count). The molecule has 0 spiro atoms. The Bertz CT molecular complexity index is 1470. The standard InChI is InChI=1S/C30H30FN5O2/c1-38-17-16-36-14-12-21(13-15-36)32-22-10-11-24-23(18-22)28(30(37)35-24)27(19-6-8-20(31)9-7-19)29-33-25-4-2-3-5-26(25)34-29/h2-11,18,21,32H,12-17H2,1H3,(H,33,34)(H,35,37). The fourth-order valence-corrected chi connectivity index (χ4v) is 5.35. The molecular formula is C30H30FN5O2. The van der Waals surface area contributed by atoms with Crippen molar-refractivity contribution in [2.45, 2.75) is 18.9 Å². The van der Waals surface area contributed by atoms with E-state index in [1.54, 1.807) is 19.2 Å². The molecule has 3 N–H and O–H groups in total. The number of amides is 1. The van der Waals surface area contributed by atoms with Gasteiger partial charge in [-0.1, -0.05) is 24.3 Å². The van der Waals surface area contributed by atoms with Gasteiger partial charge in [0.1, 0.15) is 11.6 Å². The molecule has 3 heterocycles. The minimum absolute atomic E-state index is 0.205. The fraction of sp³-hybridized carbons (Fsp3) is 0.267. The van der Waals surface area contributed by atoms with E-state index in [4.69, 9.17) is 9.72 Å². The van der Waals surface area contributed by atoms with Crippen molar-refractivity contribution in [1.29, 1.82) is 0 Å². The number of nitrogens with zero attached hydrogens (tertiary/aromatic N) is 2. The lowest BCUT2D eigenvalue weighted by Crippen LogP contribution is -2.40. The number of fused-ring (bicyclic) bond motifs is 2. The summed E-state index contributed by atoms with van der Waals surface area (Å²) >= 11 is 0. The number of aromatic amines is 1. The van der Waals surface area contributed by atoms with Gasteiger partial charge in [0.05, 0.1) is 23.2 Å². The largest absolute Gasteiger partial charge is 0.383 e. The Morgan fingerprint density at radius 2 is 1.89 bits per heavy atom. The lowest BCUT2D eigenvalue weighted by Gasteiger charge is -2.32. The van der Waals surface area contributed by atoms with Crippen LogP contribution >= 0.6 is 0 Å². The summed E-state index contributed by atoms with van der Waals surface area (Å²) in [5.74, 6) is 0.0275. The predicted molar refractivity (Wildman–Crippen MR) is 148 cm³/mol. The molecule has 1 saturated heterocycles. The smallest absolute Gasteiger partial charge is 0.257 e. The van der Waals surface area contributed by atoms with Gasteiger partial charge in [-0.15, -0.1) is 0 Å². The number of para-hydroxylation sites is 2. The van der Waals surface area contributed by atoms with Gasteiger partial charge in [0, 0.05) is 55.3 Å². The van der Waals surface area contributed by atoms with Crippen LogP contribution < -0.4 is 10.6 Å². The first-order chi connectivity index (χ1) is 18.6. The van der Waals surface area contributed by atoms with E-state index >= 15 is 0 Å².